The minimum atomic E-state index is 0.761. The number of aromatic nitrogens is 1. The number of fused-ring (bicyclic) bond motifs is 2. The first-order valence-electron chi connectivity index (χ1n) is 8.60. The van der Waals surface area contributed by atoms with Crippen molar-refractivity contribution in [2.75, 3.05) is 31.2 Å². The summed E-state index contributed by atoms with van der Waals surface area (Å²) in [4.78, 5) is 7.22. The van der Waals surface area contributed by atoms with Gasteiger partial charge < -0.3 is 14.1 Å². The van der Waals surface area contributed by atoms with E-state index < -0.39 is 0 Å². The van der Waals surface area contributed by atoms with E-state index in [1.54, 1.807) is 0 Å². The van der Waals surface area contributed by atoms with Crippen LogP contribution in [0.5, 0.6) is 0 Å². The molecule has 1 fully saturated rings. The van der Waals surface area contributed by atoms with Gasteiger partial charge in [0.05, 0.1) is 18.7 Å². The molecule has 1 saturated heterocycles. The molecule has 0 unspecified atom stereocenters. The highest BCUT2D eigenvalue weighted by Crippen LogP contribution is 2.33. The molecule has 3 heterocycles. The third-order valence-corrected chi connectivity index (χ3v) is 4.72. The van der Waals surface area contributed by atoms with Crippen LogP contribution in [0.1, 0.15) is 0 Å². The summed E-state index contributed by atoms with van der Waals surface area (Å²) in [7, 11) is 0. The average Bonchev–Trinajstić information content (AvgIpc) is 3.12. The van der Waals surface area contributed by atoms with Crippen LogP contribution in [0.3, 0.4) is 0 Å². The lowest BCUT2D eigenvalue weighted by atomic mass is 10.1. The van der Waals surface area contributed by atoms with Gasteiger partial charge in [-0.1, -0.05) is 36.4 Å². The van der Waals surface area contributed by atoms with Gasteiger partial charge in [0, 0.05) is 29.5 Å². The summed E-state index contributed by atoms with van der Waals surface area (Å²) in [6.45, 7) is 3.31. The van der Waals surface area contributed by atoms with Crippen LogP contribution in [0, 0.1) is 0 Å². The van der Waals surface area contributed by atoms with Crippen molar-refractivity contribution in [3.63, 3.8) is 0 Å². The molecule has 25 heavy (non-hydrogen) atoms. The number of rotatable bonds is 2. The second-order valence-corrected chi connectivity index (χ2v) is 6.29. The summed E-state index contributed by atoms with van der Waals surface area (Å²) >= 11 is 0. The standard InChI is InChI=1S/C21H18N2O2/c1-4-8-20-15(5-1)13-21(25-20)18-14-19(23-9-11-24-12-10-23)16-6-2-3-7-17(16)22-18/h1-8,13-14H,9-12H2. The fourth-order valence-corrected chi connectivity index (χ4v) is 3.46. The Kier molecular flexibility index (Phi) is 3.42. The molecule has 0 aliphatic carbocycles. The third kappa shape index (κ3) is 2.55. The Morgan fingerprint density at radius 2 is 1.68 bits per heavy atom. The first-order chi connectivity index (χ1) is 12.4. The summed E-state index contributed by atoms with van der Waals surface area (Å²) in [6.07, 6.45) is 0. The van der Waals surface area contributed by atoms with Gasteiger partial charge in [-0.3, -0.25) is 0 Å². The fraction of sp³-hybridized carbons (Fsp3) is 0.190. The molecular weight excluding hydrogens is 312 g/mol. The Morgan fingerprint density at radius 1 is 0.880 bits per heavy atom. The van der Waals surface area contributed by atoms with Crippen LogP contribution in [0.25, 0.3) is 33.3 Å². The highest BCUT2D eigenvalue weighted by atomic mass is 16.5. The van der Waals surface area contributed by atoms with Gasteiger partial charge in [0.1, 0.15) is 11.3 Å². The van der Waals surface area contributed by atoms with Crippen LogP contribution in [0.15, 0.2) is 65.1 Å². The maximum atomic E-state index is 6.04. The number of anilines is 1. The van der Waals surface area contributed by atoms with Crippen molar-refractivity contribution in [1.29, 1.82) is 0 Å². The molecule has 0 atom stereocenters. The quantitative estimate of drug-likeness (QED) is 0.543. The van der Waals surface area contributed by atoms with Crippen molar-refractivity contribution < 1.29 is 9.15 Å². The average molecular weight is 330 g/mol. The van der Waals surface area contributed by atoms with Gasteiger partial charge in [-0.05, 0) is 24.3 Å². The van der Waals surface area contributed by atoms with E-state index in [1.807, 2.05) is 24.3 Å². The Balaban J connectivity index is 1.70. The molecule has 0 amide bonds. The lowest BCUT2D eigenvalue weighted by molar-refractivity contribution is 0.123. The van der Waals surface area contributed by atoms with Crippen LogP contribution in [0.4, 0.5) is 5.69 Å². The van der Waals surface area contributed by atoms with Gasteiger partial charge in [0.25, 0.3) is 0 Å². The largest absolute Gasteiger partial charge is 0.454 e. The van der Waals surface area contributed by atoms with Gasteiger partial charge in [0.2, 0.25) is 0 Å². The molecule has 4 nitrogen and oxygen atoms in total. The first-order valence-corrected chi connectivity index (χ1v) is 8.60. The molecule has 5 rings (SSSR count). The maximum Gasteiger partial charge on any atom is 0.153 e. The second-order valence-electron chi connectivity index (χ2n) is 6.29. The van der Waals surface area contributed by atoms with E-state index in [2.05, 4.69) is 41.3 Å². The van der Waals surface area contributed by atoms with Crippen molar-refractivity contribution >= 4 is 27.6 Å². The van der Waals surface area contributed by atoms with Gasteiger partial charge in [-0.25, -0.2) is 4.98 Å². The minimum absolute atomic E-state index is 0.761. The molecule has 2 aromatic carbocycles. The fourth-order valence-electron chi connectivity index (χ4n) is 3.46. The summed E-state index contributed by atoms with van der Waals surface area (Å²) in [5.74, 6) is 0.807. The van der Waals surface area contributed by atoms with Crippen LogP contribution in [-0.2, 0) is 4.74 Å². The lowest BCUT2D eigenvalue weighted by Crippen LogP contribution is -2.36. The summed E-state index contributed by atoms with van der Waals surface area (Å²) < 4.78 is 11.6. The zero-order valence-electron chi connectivity index (χ0n) is 13.8. The molecule has 0 N–H and O–H groups in total. The molecule has 2 aromatic heterocycles. The monoisotopic (exact) mass is 330 g/mol. The number of nitrogens with zero attached hydrogens (tertiary/aromatic N) is 2. The number of furan rings is 1. The number of ether oxygens (including phenoxy) is 1. The number of hydrogen-bond acceptors (Lipinski definition) is 4. The number of benzene rings is 2. The Labute approximate surface area is 145 Å². The maximum absolute atomic E-state index is 6.04. The van der Waals surface area contributed by atoms with E-state index >= 15 is 0 Å². The minimum Gasteiger partial charge on any atom is -0.454 e. The number of hydrogen-bond donors (Lipinski definition) is 0. The molecular formula is C21H18N2O2. The van der Waals surface area contributed by atoms with Gasteiger partial charge in [-0.2, -0.15) is 0 Å². The zero-order chi connectivity index (χ0) is 16.6. The van der Waals surface area contributed by atoms with Gasteiger partial charge in [0.15, 0.2) is 5.76 Å². The SMILES string of the molecule is c1ccc2oc(-c3cc(N4CCOCC4)c4ccccc4n3)cc2c1. The summed E-state index contributed by atoms with van der Waals surface area (Å²) in [6, 6.07) is 20.6. The van der Waals surface area contributed by atoms with Crippen LogP contribution in [0.2, 0.25) is 0 Å². The number of pyridine rings is 1. The summed E-state index contributed by atoms with van der Waals surface area (Å²) in [5, 5.41) is 2.27. The Morgan fingerprint density at radius 3 is 2.56 bits per heavy atom. The molecule has 0 saturated carbocycles. The second kappa shape index (κ2) is 5.90. The van der Waals surface area contributed by atoms with Gasteiger partial charge in [-0.15, -0.1) is 0 Å². The molecule has 0 spiro atoms. The number of para-hydroxylation sites is 2. The number of morpholine rings is 1. The van der Waals surface area contributed by atoms with Crippen molar-refractivity contribution in [2.24, 2.45) is 0 Å². The zero-order valence-corrected chi connectivity index (χ0v) is 13.8. The third-order valence-electron chi connectivity index (χ3n) is 4.72. The van der Waals surface area contributed by atoms with E-state index in [0.717, 1.165) is 54.2 Å². The Hall–Kier alpha value is -2.85. The van der Waals surface area contributed by atoms with Crippen molar-refractivity contribution in [3.8, 4) is 11.5 Å². The predicted octanol–water partition coefficient (Wildman–Crippen LogP) is 4.48. The molecule has 1 aliphatic heterocycles. The van der Waals surface area contributed by atoms with E-state index in [4.69, 9.17) is 14.1 Å². The first kappa shape index (κ1) is 14.5. The molecule has 0 radical (unpaired) electrons. The predicted molar refractivity (Wildman–Crippen MR) is 100.0 cm³/mol. The van der Waals surface area contributed by atoms with Crippen molar-refractivity contribution in [2.45, 2.75) is 0 Å². The molecule has 124 valence electrons. The van der Waals surface area contributed by atoms with Crippen LogP contribution < -0.4 is 4.90 Å². The van der Waals surface area contributed by atoms with E-state index in [1.165, 1.54) is 11.1 Å². The van der Waals surface area contributed by atoms with Gasteiger partial charge >= 0.3 is 0 Å². The summed E-state index contributed by atoms with van der Waals surface area (Å²) in [5.41, 5.74) is 3.95. The smallest absolute Gasteiger partial charge is 0.153 e. The van der Waals surface area contributed by atoms with E-state index in [-0.39, 0.29) is 0 Å². The van der Waals surface area contributed by atoms with E-state index in [9.17, 15) is 0 Å². The lowest BCUT2D eigenvalue weighted by Gasteiger charge is -2.30. The molecule has 1 aliphatic rings. The topological polar surface area (TPSA) is 38.5 Å². The van der Waals surface area contributed by atoms with Crippen LogP contribution in [-0.4, -0.2) is 31.3 Å². The van der Waals surface area contributed by atoms with Crippen molar-refractivity contribution in [1.82, 2.24) is 4.98 Å². The molecule has 4 aromatic rings. The normalized spacial score (nSPS) is 15.1. The highest BCUT2D eigenvalue weighted by Gasteiger charge is 2.17. The Bertz CT molecular complexity index is 1020. The highest BCUT2D eigenvalue weighted by molar-refractivity contribution is 5.94. The van der Waals surface area contributed by atoms with Crippen molar-refractivity contribution in [3.05, 3.63) is 60.7 Å². The molecule has 4 heteroatoms. The van der Waals surface area contributed by atoms with Crippen LogP contribution >= 0.6 is 0 Å². The molecule has 0 bridgehead atoms. The van der Waals surface area contributed by atoms with E-state index in [0.29, 0.717) is 0 Å².